The molecule has 2 heterocycles. The topological polar surface area (TPSA) is 59.2 Å². The van der Waals surface area contributed by atoms with Crippen LogP contribution in [0, 0.1) is 0 Å². The Morgan fingerprint density at radius 1 is 1.53 bits per heavy atom. The van der Waals surface area contributed by atoms with E-state index in [1.54, 1.807) is 24.7 Å². The number of hydrogen-bond donors (Lipinski definition) is 1. The van der Waals surface area contributed by atoms with E-state index in [0.717, 1.165) is 12.2 Å². The van der Waals surface area contributed by atoms with Crippen molar-refractivity contribution in [2.24, 2.45) is 5.73 Å². The molecule has 1 aromatic heterocycles. The van der Waals surface area contributed by atoms with Crippen molar-refractivity contribution >= 4 is 11.6 Å². The summed E-state index contributed by atoms with van der Waals surface area (Å²) < 4.78 is 0. The van der Waals surface area contributed by atoms with Gasteiger partial charge in [-0.05, 0) is 12.1 Å². The predicted octanol–water partition coefficient (Wildman–Crippen LogP) is 0.827. The van der Waals surface area contributed by atoms with Crippen molar-refractivity contribution in [1.82, 2.24) is 4.98 Å². The molecular weight excluding hydrogens is 190 g/mol. The van der Waals surface area contributed by atoms with E-state index in [9.17, 15) is 4.79 Å². The van der Waals surface area contributed by atoms with Crippen molar-refractivity contribution in [3.05, 3.63) is 48.5 Å². The van der Waals surface area contributed by atoms with Gasteiger partial charge in [-0.25, -0.2) is 0 Å². The maximum Gasteiger partial charge on any atom is 0.250 e. The molecule has 0 saturated carbocycles. The molecule has 0 unspecified atom stereocenters. The van der Waals surface area contributed by atoms with Crippen LogP contribution in [0.3, 0.4) is 0 Å². The molecule has 1 aliphatic rings. The number of carbonyl (C=O) groups is 1. The van der Waals surface area contributed by atoms with E-state index in [1.807, 2.05) is 23.1 Å². The highest BCUT2D eigenvalue weighted by Gasteiger charge is 2.10. The molecule has 0 aromatic carbocycles. The van der Waals surface area contributed by atoms with Crippen molar-refractivity contribution < 1.29 is 4.79 Å². The third-order valence-corrected chi connectivity index (χ3v) is 2.16. The number of rotatable bonds is 2. The summed E-state index contributed by atoms with van der Waals surface area (Å²) in [4.78, 5) is 16.9. The van der Waals surface area contributed by atoms with E-state index in [-0.39, 0.29) is 0 Å². The van der Waals surface area contributed by atoms with Crippen molar-refractivity contribution in [2.45, 2.75) is 0 Å². The van der Waals surface area contributed by atoms with Gasteiger partial charge in [-0.1, -0.05) is 12.2 Å². The van der Waals surface area contributed by atoms with E-state index in [2.05, 4.69) is 4.98 Å². The SMILES string of the molecule is NC(=O)C1=CN(c2cccnc2)CC=C1. The third kappa shape index (κ3) is 2.04. The lowest BCUT2D eigenvalue weighted by Gasteiger charge is -2.21. The average Bonchev–Trinajstić information content (AvgIpc) is 2.30. The van der Waals surface area contributed by atoms with Crippen molar-refractivity contribution in [2.75, 3.05) is 11.4 Å². The summed E-state index contributed by atoms with van der Waals surface area (Å²) in [6, 6.07) is 3.78. The molecule has 0 fully saturated rings. The Morgan fingerprint density at radius 2 is 2.40 bits per heavy atom. The lowest BCUT2D eigenvalue weighted by Crippen LogP contribution is -2.24. The summed E-state index contributed by atoms with van der Waals surface area (Å²) in [7, 11) is 0. The van der Waals surface area contributed by atoms with Crippen LogP contribution in [0.4, 0.5) is 5.69 Å². The zero-order chi connectivity index (χ0) is 10.7. The molecule has 0 atom stereocenters. The van der Waals surface area contributed by atoms with Crippen LogP contribution in [0.25, 0.3) is 0 Å². The quantitative estimate of drug-likeness (QED) is 0.770. The van der Waals surface area contributed by atoms with Gasteiger partial charge in [-0.3, -0.25) is 9.78 Å². The first kappa shape index (κ1) is 9.45. The first-order chi connectivity index (χ1) is 7.27. The van der Waals surface area contributed by atoms with Gasteiger partial charge >= 0.3 is 0 Å². The monoisotopic (exact) mass is 201 g/mol. The molecule has 1 amide bonds. The molecule has 0 bridgehead atoms. The third-order valence-electron chi connectivity index (χ3n) is 2.16. The largest absolute Gasteiger partial charge is 0.366 e. The fourth-order valence-corrected chi connectivity index (χ4v) is 1.41. The molecular formula is C11H11N3O. The van der Waals surface area contributed by atoms with E-state index in [0.29, 0.717) is 5.57 Å². The number of anilines is 1. The number of nitrogens with zero attached hydrogens (tertiary/aromatic N) is 2. The lowest BCUT2D eigenvalue weighted by molar-refractivity contribution is -0.114. The highest BCUT2D eigenvalue weighted by Crippen LogP contribution is 2.16. The molecule has 0 aliphatic carbocycles. The molecule has 1 aliphatic heterocycles. The fraction of sp³-hybridized carbons (Fsp3) is 0.0909. The van der Waals surface area contributed by atoms with Crippen LogP contribution in [0.5, 0.6) is 0 Å². The van der Waals surface area contributed by atoms with Crippen LogP contribution in [0.1, 0.15) is 0 Å². The Bertz CT molecular complexity index is 423. The van der Waals surface area contributed by atoms with Gasteiger partial charge in [-0.15, -0.1) is 0 Å². The van der Waals surface area contributed by atoms with Crippen molar-refractivity contribution in [1.29, 1.82) is 0 Å². The number of primary amides is 1. The zero-order valence-corrected chi connectivity index (χ0v) is 8.13. The molecule has 0 radical (unpaired) electrons. The minimum absolute atomic E-state index is 0.417. The normalized spacial score (nSPS) is 14.9. The second-order valence-corrected chi connectivity index (χ2v) is 3.21. The van der Waals surface area contributed by atoms with E-state index < -0.39 is 5.91 Å². The summed E-state index contributed by atoms with van der Waals surface area (Å²) in [5.41, 5.74) is 6.66. The summed E-state index contributed by atoms with van der Waals surface area (Å²) in [6.45, 7) is 0.725. The molecule has 4 heteroatoms. The molecule has 15 heavy (non-hydrogen) atoms. The summed E-state index contributed by atoms with van der Waals surface area (Å²) in [5, 5.41) is 0. The number of hydrogen-bond acceptors (Lipinski definition) is 3. The Balaban J connectivity index is 2.27. The maximum atomic E-state index is 11.0. The molecule has 1 aromatic rings. The van der Waals surface area contributed by atoms with Crippen molar-refractivity contribution in [3.63, 3.8) is 0 Å². The van der Waals surface area contributed by atoms with Gasteiger partial charge in [0.25, 0.3) is 0 Å². The Morgan fingerprint density at radius 3 is 3.07 bits per heavy atom. The first-order valence-electron chi connectivity index (χ1n) is 4.62. The van der Waals surface area contributed by atoms with Gasteiger partial charge in [-0.2, -0.15) is 0 Å². The molecule has 2 N–H and O–H groups in total. The smallest absolute Gasteiger partial charge is 0.250 e. The number of pyridine rings is 1. The fourth-order valence-electron chi connectivity index (χ4n) is 1.41. The van der Waals surface area contributed by atoms with Gasteiger partial charge in [0.15, 0.2) is 0 Å². The van der Waals surface area contributed by atoms with Crippen LogP contribution in [-0.2, 0) is 4.79 Å². The first-order valence-corrected chi connectivity index (χ1v) is 4.62. The zero-order valence-electron chi connectivity index (χ0n) is 8.13. The summed E-state index contributed by atoms with van der Waals surface area (Å²) >= 11 is 0. The van der Waals surface area contributed by atoms with Gasteiger partial charge in [0.05, 0.1) is 17.5 Å². The Labute approximate surface area is 87.7 Å². The van der Waals surface area contributed by atoms with E-state index in [4.69, 9.17) is 5.73 Å². The Kier molecular flexibility index (Phi) is 2.49. The lowest BCUT2D eigenvalue weighted by atomic mass is 10.2. The standard InChI is InChI=1S/C11H11N3O/c12-11(15)9-3-2-6-14(8-9)10-4-1-5-13-7-10/h1-5,7-8H,6H2,(H2,12,15). The summed E-state index contributed by atoms with van der Waals surface area (Å²) in [6.07, 6.45) is 8.82. The van der Waals surface area contributed by atoms with Crippen LogP contribution >= 0.6 is 0 Å². The number of carbonyl (C=O) groups excluding carboxylic acids is 1. The Hall–Kier alpha value is -2.10. The predicted molar refractivity (Wildman–Crippen MR) is 58.0 cm³/mol. The highest BCUT2D eigenvalue weighted by molar-refractivity contribution is 5.95. The minimum atomic E-state index is -0.417. The molecule has 4 nitrogen and oxygen atoms in total. The van der Waals surface area contributed by atoms with Crippen LogP contribution in [0.2, 0.25) is 0 Å². The molecule has 0 spiro atoms. The molecule has 2 rings (SSSR count). The molecule has 0 saturated heterocycles. The van der Waals surface area contributed by atoms with E-state index >= 15 is 0 Å². The van der Waals surface area contributed by atoms with Crippen LogP contribution in [-0.4, -0.2) is 17.4 Å². The second kappa shape index (κ2) is 3.96. The van der Waals surface area contributed by atoms with Gasteiger partial charge < -0.3 is 10.6 Å². The second-order valence-electron chi connectivity index (χ2n) is 3.21. The minimum Gasteiger partial charge on any atom is -0.366 e. The van der Waals surface area contributed by atoms with Crippen LogP contribution in [0.15, 0.2) is 48.5 Å². The van der Waals surface area contributed by atoms with Crippen LogP contribution < -0.4 is 10.6 Å². The number of amides is 1. The average molecular weight is 201 g/mol. The van der Waals surface area contributed by atoms with E-state index in [1.165, 1.54) is 0 Å². The number of aromatic nitrogens is 1. The van der Waals surface area contributed by atoms with Gasteiger partial charge in [0, 0.05) is 18.9 Å². The number of nitrogens with two attached hydrogens (primary N) is 1. The maximum absolute atomic E-state index is 11.0. The van der Waals surface area contributed by atoms with Gasteiger partial charge in [0.1, 0.15) is 0 Å². The molecule has 76 valence electrons. The van der Waals surface area contributed by atoms with Crippen molar-refractivity contribution in [3.8, 4) is 0 Å². The highest BCUT2D eigenvalue weighted by atomic mass is 16.1. The van der Waals surface area contributed by atoms with Gasteiger partial charge in [0.2, 0.25) is 5.91 Å². The summed E-state index contributed by atoms with van der Waals surface area (Å²) in [5.74, 6) is -0.417.